The van der Waals surface area contributed by atoms with E-state index in [4.69, 9.17) is 4.74 Å². The molecule has 0 aliphatic rings. The van der Waals surface area contributed by atoms with Gasteiger partial charge in [0.1, 0.15) is 5.01 Å². The quantitative estimate of drug-likeness (QED) is 0.480. The maximum atomic E-state index is 13.2. The highest BCUT2D eigenvalue weighted by atomic mass is 32.1. The minimum absolute atomic E-state index is 0.0827. The van der Waals surface area contributed by atoms with Crippen molar-refractivity contribution in [2.24, 2.45) is 7.05 Å². The summed E-state index contributed by atoms with van der Waals surface area (Å²) in [6.45, 7) is 1.39. The standard InChI is InChI=1S/C19H20N6O2S/c1-23-8-3-4-15(23)18-22-21-16-6-5-14(12-25(16)18)19(26)24(9-10-27-2)13-17-20-7-11-28-17/h3-8,11-12H,9-10,13H2,1-2H3. The van der Waals surface area contributed by atoms with Crippen molar-refractivity contribution < 1.29 is 9.53 Å². The van der Waals surface area contributed by atoms with Crippen molar-refractivity contribution in [3.63, 3.8) is 0 Å². The van der Waals surface area contributed by atoms with E-state index in [1.807, 2.05) is 45.8 Å². The first-order valence-corrected chi connectivity index (χ1v) is 9.68. The molecule has 0 aliphatic carbocycles. The largest absolute Gasteiger partial charge is 0.383 e. The number of methoxy groups -OCH3 is 1. The molecule has 4 heterocycles. The van der Waals surface area contributed by atoms with Crippen molar-refractivity contribution in [1.82, 2.24) is 29.0 Å². The first kappa shape index (κ1) is 18.3. The van der Waals surface area contributed by atoms with E-state index in [1.54, 1.807) is 30.5 Å². The highest BCUT2D eigenvalue weighted by Crippen LogP contribution is 2.20. The van der Waals surface area contributed by atoms with Crippen LogP contribution in [0.5, 0.6) is 0 Å². The molecule has 0 atom stereocenters. The Hall–Kier alpha value is -3.04. The van der Waals surface area contributed by atoms with Crippen LogP contribution >= 0.6 is 11.3 Å². The number of carbonyl (C=O) groups excluding carboxylic acids is 1. The van der Waals surface area contributed by atoms with Crippen LogP contribution in [0.3, 0.4) is 0 Å². The molecule has 8 nitrogen and oxygen atoms in total. The van der Waals surface area contributed by atoms with Crippen molar-refractivity contribution in [3.8, 4) is 11.5 Å². The van der Waals surface area contributed by atoms with Crippen molar-refractivity contribution >= 4 is 22.9 Å². The number of hydrogen-bond donors (Lipinski definition) is 0. The molecule has 0 saturated carbocycles. The van der Waals surface area contributed by atoms with Gasteiger partial charge in [-0.1, -0.05) is 0 Å². The Morgan fingerprint density at radius 3 is 2.89 bits per heavy atom. The summed E-state index contributed by atoms with van der Waals surface area (Å²) in [6, 6.07) is 7.51. The topological polar surface area (TPSA) is 77.6 Å². The molecule has 4 aromatic rings. The van der Waals surface area contributed by atoms with E-state index < -0.39 is 0 Å². The monoisotopic (exact) mass is 396 g/mol. The predicted molar refractivity (Wildman–Crippen MR) is 106 cm³/mol. The number of aromatic nitrogens is 5. The van der Waals surface area contributed by atoms with Gasteiger partial charge in [-0.15, -0.1) is 21.5 Å². The summed E-state index contributed by atoms with van der Waals surface area (Å²) in [5.74, 6) is 0.612. The highest BCUT2D eigenvalue weighted by Gasteiger charge is 2.19. The number of ether oxygens (including phenoxy) is 1. The smallest absolute Gasteiger partial charge is 0.255 e. The molecule has 0 radical (unpaired) electrons. The molecular weight excluding hydrogens is 376 g/mol. The molecule has 0 saturated heterocycles. The molecule has 0 fully saturated rings. The minimum atomic E-state index is -0.0827. The molecule has 0 aliphatic heterocycles. The van der Waals surface area contributed by atoms with Crippen molar-refractivity contribution in [2.45, 2.75) is 6.54 Å². The van der Waals surface area contributed by atoms with Gasteiger partial charge in [0, 0.05) is 44.7 Å². The SMILES string of the molecule is COCCN(Cc1nccs1)C(=O)c1ccc2nnc(-c3cccn3C)n2c1. The molecule has 1 amide bonds. The number of pyridine rings is 1. The number of thiazole rings is 1. The van der Waals surface area contributed by atoms with Gasteiger partial charge in [-0.05, 0) is 24.3 Å². The lowest BCUT2D eigenvalue weighted by Crippen LogP contribution is -2.33. The zero-order chi connectivity index (χ0) is 19.5. The summed E-state index contributed by atoms with van der Waals surface area (Å²) in [7, 11) is 3.58. The highest BCUT2D eigenvalue weighted by molar-refractivity contribution is 7.09. The number of amides is 1. The number of fused-ring (bicyclic) bond motifs is 1. The van der Waals surface area contributed by atoms with Gasteiger partial charge in [-0.3, -0.25) is 9.20 Å². The van der Waals surface area contributed by atoms with E-state index in [-0.39, 0.29) is 5.91 Å². The molecule has 4 aromatic heterocycles. The van der Waals surface area contributed by atoms with Gasteiger partial charge in [0.05, 0.1) is 24.4 Å². The molecule has 28 heavy (non-hydrogen) atoms. The predicted octanol–water partition coefficient (Wildman–Crippen LogP) is 2.48. The Labute approximate surface area is 166 Å². The van der Waals surface area contributed by atoms with E-state index in [1.165, 1.54) is 11.3 Å². The maximum absolute atomic E-state index is 13.2. The minimum Gasteiger partial charge on any atom is -0.383 e. The summed E-state index contributed by atoms with van der Waals surface area (Å²) >= 11 is 1.53. The van der Waals surface area contributed by atoms with E-state index >= 15 is 0 Å². The Morgan fingerprint density at radius 2 is 2.18 bits per heavy atom. The molecular formula is C19H20N6O2S. The molecule has 144 valence electrons. The van der Waals surface area contributed by atoms with Crippen LogP contribution in [0.4, 0.5) is 0 Å². The lowest BCUT2D eigenvalue weighted by atomic mass is 10.2. The third-order valence-electron chi connectivity index (χ3n) is 4.48. The third-order valence-corrected chi connectivity index (χ3v) is 5.25. The van der Waals surface area contributed by atoms with Gasteiger partial charge in [0.15, 0.2) is 11.5 Å². The molecule has 4 rings (SSSR count). The van der Waals surface area contributed by atoms with Crippen molar-refractivity contribution in [1.29, 1.82) is 0 Å². The van der Waals surface area contributed by atoms with E-state index in [0.29, 0.717) is 36.7 Å². The van der Waals surface area contributed by atoms with Gasteiger partial charge in [-0.25, -0.2) is 4.98 Å². The van der Waals surface area contributed by atoms with E-state index in [9.17, 15) is 4.79 Å². The summed E-state index contributed by atoms with van der Waals surface area (Å²) in [6.07, 6.45) is 5.49. The lowest BCUT2D eigenvalue weighted by Gasteiger charge is -2.21. The van der Waals surface area contributed by atoms with Gasteiger partial charge in [-0.2, -0.15) is 0 Å². The Kier molecular flexibility index (Phi) is 5.18. The van der Waals surface area contributed by atoms with Crippen LogP contribution in [0.2, 0.25) is 0 Å². The Balaban J connectivity index is 1.68. The van der Waals surface area contributed by atoms with Gasteiger partial charge >= 0.3 is 0 Å². The summed E-state index contributed by atoms with van der Waals surface area (Å²) in [4.78, 5) is 19.2. The molecule has 0 spiro atoms. The van der Waals surface area contributed by atoms with Crippen molar-refractivity contribution in [3.05, 3.63) is 58.8 Å². The van der Waals surface area contributed by atoms with Crippen LogP contribution < -0.4 is 0 Å². The van der Waals surface area contributed by atoms with Crippen LogP contribution in [0.1, 0.15) is 15.4 Å². The number of carbonyl (C=O) groups is 1. The van der Waals surface area contributed by atoms with Gasteiger partial charge in [0.2, 0.25) is 0 Å². The second-order valence-corrected chi connectivity index (χ2v) is 7.30. The second-order valence-electron chi connectivity index (χ2n) is 6.32. The number of nitrogens with zero attached hydrogens (tertiary/aromatic N) is 6. The molecule has 9 heteroatoms. The lowest BCUT2D eigenvalue weighted by molar-refractivity contribution is 0.0680. The average molecular weight is 396 g/mol. The van der Waals surface area contributed by atoms with Crippen LogP contribution in [0, 0.1) is 0 Å². The first-order chi connectivity index (χ1) is 13.7. The van der Waals surface area contributed by atoms with Gasteiger partial charge < -0.3 is 14.2 Å². The fourth-order valence-electron chi connectivity index (χ4n) is 3.02. The first-order valence-electron chi connectivity index (χ1n) is 8.80. The van der Waals surface area contributed by atoms with Crippen LogP contribution in [-0.4, -0.2) is 55.2 Å². The van der Waals surface area contributed by atoms with Crippen LogP contribution in [-0.2, 0) is 18.3 Å². The fourth-order valence-corrected chi connectivity index (χ4v) is 3.65. The van der Waals surface area contributed by atoms with Gasteiger partial charge in [0.25, 0.3) is 5.91 Å². The zero-order valence-electron chi connectivity index (χ0n) is 15.6. The molecule has 0 N–H and O–H groups in total. The van der Waals surface area contributed by atoms with Crippen LogP contribution in [0.25, 0.3) is 17.2 Å². The molecule has 0 bridgehead atoms. The average Bonchev–Trinajstić information content (AvgIpc) is 3.45. The Bertz CT molecular complexity index is 1090. The third kappa shape index (κ3) is 3.54. The fraction of sp³-hybridized carbons (Fsp3) is 0.263. The van der Waals surface area contributed by atoms with E-state index in [0.717, 1.165) is 10.7 Å². The summed E-state index contributed by atoms with van der Waals surface area (Å²) in [5, 5.41) is 11.3. The summed E-state index contributed by atoms with van der Waals surface area (Å²) in [5.41, 5.74) is 2.18. The zero-order valence-corrected chi connectivity index (χ0v) is 16.5. The Morgan fingerprint density at radius 1 is 1.29 bits per heavy atom. The normalized spacial score (nSPS) is 11.2. The number of hydrogen-bond acceptors (Lipinski definition) is 6. The number of rotatable bonds is 7. The summed E-state index contributed by atoms with van der Waals surface area (Å²) < 4.78 is 9.00. The molecule has 0 unspecified atom stereocenters. The second kappa shape index (κ2) is 7.91. The molecule has 0 aromatic carbocycles. The van der Waals surface area contributed by atoms with E-state index in [2.05, 4.69) is 15.2 Å². The van der Waals surface area contributed by atoms with Crippen LogP contribution in [0.15, 0.2) is 48.2 Å². The van der Waals surface area contributed by atoms with Crippen molar-refractivity contribution in [2.75, 3.05) is 20.3 Å². The maximum Gasteiger partial charge on any atom is 0.255 e. The number of aryl methyl sites for hydroxylation is 1.